The smallest absolute Gasteiger partial charge is 0.308 e. The second kappa shape index (κ2) is 3.53. The van der Waals surface area contributed by atoms with Crippen LogP contribution in [0.3, 0.4) is 0 Å². The highest BCUT2D eigenvalue weighted by atomic mass is 16.4. The van der Waals surface area contributed by atoms with Crippen LogP contribution < -0.4 is 5.32 Å². The van der Waals surface area contributed by atoms with Gasteiger partial charge < -0.3 is 5.11 Å². The van der Waals surface area contributed by atoms with Crippen LogP contribution in [-0.4, -0.2) is 45.9 Å². The van der Waals surface area contributed by atoms with E-state index in [9.17, 15) is 14.4 Å². The molecule has 0 aromatic rings. The largest absolute Gasteiger partial charge is 0.481 e. The summed E-state index contributed by atoms with van der Waals surface area (Å²) in [6, 6.07) is -0.355. The number of carboxylic acid groups (broad SMARTS) is 1. The molecule has 17 heavy (non-hydrogen) atoms. The van der Waals surface area contributed by atoms with E-state index in [1.165, 1.54) is 0 Å². The second-order valence-corrected chi connectivity index (χ2v) is 5.06. The molecule has 0 spiro atoms. The Bertz CT molecular complexity index is 408. The quantitative estimate of drug-likeness (QED) is 0.624. The molecule has 2 bridgehead atoms. The molecule has 3 aliphatic rings. The Balaban J connectivity index is 1.83. The van der Waals surface area contributed by atoms with E-state index in [1.807, 2.05) is 4.90 Å². The van der Waals surface area contributed by atoms with Gasteiger partial charge in [-0.25, -0.2) is 0 Å². The van der Waals surface area contributed by atoms with E-state index in [0.717, 1.165) is 12.8 Å². The van der Waals surface area contributed by atoms with Crippen LogP contribution in [0.2, 0.25) is 0 Å². The molecule has 0 saturated carbocycles. The zero-order valence-corrected chi connectivity index (χ0v) is 9.26. The maximum absolute atomic E-state index is 11.6. The number of aliphatic carboxylic acids is 1. The minimum Gasteiger partial charge on any atom is -0.481 e. The third-order valence-electron chi connectivity index (χ3n) is 4.21. The van der Waals surface area contributed by atoms with Gasteiger partial charge in [-0.3, -0.25) is 24.6 Å². The van der Waals surface area contributed by atoms with Crippen molar-refractivity contribution in [2.45, 2.75) is 43.8 Å². The van der Waals surface area contributed by atoms with Crippen LogP contribution in [0, 0.1) is 5.92 Å². The third-order valence-corrected chi connectivity index (χ3v) is 4.21. The maximum Gasteiger partial charge on any atom is 0.308 e. The lowest BCUT2D eigenvalue weighted by Crippen LogP contribution is -2.44. The lowest BCUT2D eigenvalue weighted by Gasteiger charge is -2.26. The molecule has 2 N–H and O–H groups in total. The Kier molecular flexibility index (Phi) is 2.22. The molecule has 4 atom stereocenters. The van der Waals surface area contributed by atoms with Crippen molar-refractivity contribution in [3.05, 3.63) is 0 Å². The number of imide groups is 1. The van der Waals surface area contributed by atoms with E-state index in [1.54, 1.807) is 0 Å². The first-order valence-corrected chi connectivity index (χ1v) is 5.92. The number of fused-ring (bicyclic) bond motifs is 2. The van der Waals surface area contributed by atoms with Crippen molar-refractivity contribution in [2.24, 2.45) is 5.92 Å². The minimum atomic E-state index is -0.785. The summed E-state index contributed by atoms with van der Waals surface area (Å²) in [6.07, 6.45) is 2.54. The van der Waals surface area contributed by atoms with Crippen molar-refractivity contribution in [2.75, 3.05) is 0 Å². The Morgan fingerprint density at radius 3 is 2.65 bits per heavy atom. The molecule has 2 amide bonds. The molecule has 0 radical (unpaired) electrons. The molecule has 6 heteroatoms. The van der Waals surface area contributed by atoms with E-state index >= 15 is 0 Å². The van der Waals surface area contributed by atoms with Gasteiger partial charge in [-0.05, 0) is 19.3 Å². The van der Waals surface area contributed by atoms with Gasteiger partial charge in [0.15, 0.2) is 0 Å². The van der Waals surface area contributed by atoms with Crippen LogP contribution in [0.25, 0.3) is 0 Å². The molecule has 6 nitrogen and oxygen atoms in total. The number of amides is 2. The highest BCUT2D eigenvalue weighted by molar-refractivity contribution is 6.05. The lowest BCUT2D eigenvalue weighted by molar-refractivity contribution is -0.143. The van der Waals surface area contributed by atoms with E-state index in [-0.39, 0.29) is 36.2 Å². The van der Waals surface area contributed by atoms with Crippen molar-refractivity contribution in [1.29, 1.82) is 0 Å². The van der Waals surface area contributed by atoms with E-state index in [2.05, 4.69) is 5.32 Å². The third kappa shape index (κ3) is 1.47. The predicted molar refractivity (Wildman–Crippen MR) is 55.9 cm³/mol. The van der Waals surface area contributed by atoms with Crippen molar-refractivity contribution < 1.29 is 19.5 Å². The highest BCUT2D eigenvalue weighted by Crippen LogP contribution is 2.44. The molecule has 92 valence electrons. The number of nitrogens with zero attached hydrogens (tertiary/aromatic N) is 1. The molecular formula is C11H14N2O4. The van der Waals surface area contributed by atoms with Crippen LogP contribution in [0.1, 0.15) is 25.7 Å². The number of rotatable bonds is 2. The minimum absolute atomic E-state index is 0.0702. The first-order valence-electron chi connectivity index (χ1n) is 5.92. The summed E-state index contributed by atoms with van der Waals surface area (Å²) in [6.45, 7) is 0. The predicted octanol–water partition coefficient (Wildman–Crippen LogP) is -0.661. The van der Waals surface area contributed by atoms with Crippen molar-refractivity contribution in [3.8, 4) is 0 Å². The zero-order chi connectivity index (χ0) is 12.2. The summed E-state index contributed by atoms with van der Waals surface area (Å²) in [5.41, 5.74) is 0. The number of nitrogens with one attached hydrogen (secondary N) is 1. The van der Waals surface area contributed by atoms with Gasteiger partial charge >= 0.3 is 5.97 Å². The van der Waals surface area contributed by atoms with Crippen molar-refractivity contribution in [1.82, 2.24) is 10.2 Å². The zero-order valence-electron chi connectivity index (χ0n) is 9.26. The molecule has 0 aromatic heterocycles. The first-order chi connectivity index (χ1) is 8.08. The van der Waals surface area contributed by atoms with Crippen LogP contribution in [0.4, 0.5) is 0 Å². The molecule has 3 heterocycles. The fourth-order valence-corrected chi connectivity index (χ4v) is 3.56. The van der Waals surface area contributed by atoms with Gasteiger partial charge in [-0.2, -0.15) is 0 Å². The van der Waals surface area contributed by atoms with Gasteiger partial charge in [-0.1, -0.05) is 0 Å². The molecule has 3 rings (SSSR count). The maximum atomic E-state index is 11.6. The number of hydrogen-bond donors (Lipinski definition) is 2. The molecule has 3 aliphatic heterocycles. The van der Waals surface area contributed by atoms with Crippen molar-refractivity contribution in [3.63, 3.8) is 0 Å². The van der Waals surface area contributed by atoms with Crippen LogP contribution in [-0.2, 0) is 14.4 Å². The van der Waals surface area contributed by atoms with Gasteiger partial charge in [0.25, 0.3) is 0 Å². The summed E-state index contributed by atoms with van der Waals surface area (Å²) in [5, 5.41) is 11.4. The number of carbonyl (C=O) groups excluding carboxylic acids is 2. The monoisotopic (exact) mass is 238 g/mol. The van der Waals surface area contributed by atoms with Crippen LogP contribution in [0.5, 0.6) is 0 Å². The van der Waals surface area contributed by atoms with Gasteiger partial charge in [0, 0.05) is 12.1 Å². The molecule has 0 aliphatic carbocycles. The van der Waals surface area contributed by atoms with E-state index in [0.29, 0.717) is 6.42 Å². The number of hydrogen-bond acceptors (Lipinski definition) is 4. The van der Waals surface area contributed by atoms with Gasteiger partial charge in [0.05, 0.1) is 18.4 Å². The molecule has 3 fully saturated rings. The van der Waals surface area contributed by atoms with Gasteiger partial charge in [0.1, 0.15) is 0 Å². The fourth-order valence-electron chi connectivity index (χ4n) is 3.56. The van der Waals surface area contributed by atoms with Crippen LogP contribution >= 0.6 is 0 Å². The van der Waals surface area contributed by atoms with Gasteiger partial charge in [-0.15, -0.1) is 0 Å². The van der Waals surface area contributed by atoms with E-state index in [4.69, 9.17) is 5.11 Å². The Hall–Kier alpha value is -1.43. The normalized spacial score (nSPS) is 40.9. The van der Waals surface area contributed by atoms with E-state index < -0.39 is 12.0 Å². The van der Waals surface area contributed by atoms with Gasteiger partial charge in [0.2, 0.25) is 11.8 Å². The summed E-state index contributed by atoms with van der Waals surface area (Å²) in [5.74, 6) is -1.68. The number of carbonyl (C=O) groups is 3. The average Bonchev–Trinajstić information content (AvgIpc) is 2.90. The summed E-state index contributed by atoms with van der Waals surface area (Å²) in [4.78, 5) is 35.9. The average molecular weight is 238 g/mol. The van der Waals surface area contributed by atoms with Crippen molar-refractivity contribution >= 4 is 17.8 Å². The summed E-state index contributed by atoms with van der Waals surface area (Å²) < 4.78 is 0. The van der Waals surface area contributed by atoms with Crippen LogP contribution in [0.15, 0.2) is 0 Å². The second-order valence-electron chi connectivity index (χ2n) is 5.06. The fraction of sp³-hybridized carbons (Fsp3) is 0.727. The standard InChI is InChI=1S/C11H14N2O4/c14-9-4-8(10(15)12-9)13-5-1-2-7(13)6(3-5)11(16)17/h5-8H,1-4H2,(H,16,17)(H,12,14,15). The molecule has 4 unspecified atom stereocenters. The topological polar surface area (TPSA) is 86.7 Å². The Morgan fingerprint density at radius 1 is 1.35 bits per heavy atom. The molecular weight excluding hydrogens is 224 g/mol. The SMILES string of the molecule is O=C1CC(N2C3CCC2C(C(=O)O)C3)C(=O)N1. The summed E-state index contributed by atoms with van der Waals surface area (Å²) >= 11 is 0. The summed E-state index contributed by atoms with van der Waals surface area (Å²) in [7, 11) is 0. The Morgan fingerprint density at radius 2 is 2.12 bits per heavy atom. The number of carboxylic acids is 1. The Labute approximate surface area is 98.0 Å². The lowest BCUT2D eigenvalue weighted by atomic mass is 9.89. The molecule has 0 aromatic carbocycles. The first kappa shape index (κ1) is 10.7. The highest BCUT2D eigenvalue weighted by Gasteiger charge is 2.54. The molecule has 3 saturated heterocycles.